The molecule has 0 aliphatic carbocycles. The van der Waals surface area contributed by atoms with Crippen LogP contribution in [0.5, 0.6) is 0 Å². The number of nitrogens with zero attached hydrogens (tertiary/aromatic N) is 3. The molecule has 2 aliphatic heterocycles. The number of nitrogens with one attached hydrogen (secondary N) is 1. The normalized spacial score (nSPS) is 24.0. The molecule has 0 aromatic carbocycles. The number of aromatic nitrogens is 1. The molecule has 0 spiro atoms. The lowest BCUT2D eigenvalue weighted by atomic mass is 10.2. The number of pyridine rings is 1. The van der Waals surface area contributed by atoms with Gasteiger partial charge in [-0.1, -0.05) is 0 Å². The van der Waals surface area contributed by atoms with Gasteiger partial charge in [0.15, 0.2) is 0 Å². The zero-order chi connectivity index (χ0) is 14.9. The summed E-state index contributed by atoms with van der Waals surface area (Å²) in [6.45, 7) is 5.83. The Morgan fingerprint density at radius 1 is 1.38 bits per heavy atom. The van der Waals surface area contributed by atoms with Crippen molar-refractivity contribution in [2.45, 2.75) is 30.7 Å². The molecule has 21 heavy (non-hydrogen) atoms. The van der Waals surface area contributed by atoms with E-state index in [1.54, 1.807) is 22.6 Å². The molecule has 116 valence electrons. The summed E-state index contributed by atoms with van der Waals surface area (Å²) in [4.78, 5) is 6.88. The van der Waals surface area contributed by atoms with Crippen LogP contribution in [0.15, 0.2) is 23.2 Å². The lowest BCUT2D eigenvalue weighted by molar-refractivity contribution is 0.158. The van der Waals surface area contributed by atoms with Crippen LogP contribution in [-0.4, -0.2) is 61.4 Å². The van der Waals surface area contributed by atoms with Gasteiger partial charge in [-0.3, -0.25) is 4.90 Å². The molecule has 2 saturated heterocycles. The Balaban J connectivity index is 1.81. The summed E-state index contributed by atoms with van der Waals surface area (Å²) in [6.07, 6.45) is 3.83. The molecule has 0 radical (unpaired) electrons. The Kier molecular flexibility index (Phi) is 4.14. The van der Waals surface area contributed by atoms with Crippen molar-refractivity contribution in [2.24, 2.45) is 0 Å². The van der Waals surface area contributed by atoms with E-state index in [4.69, 9.17) is 0 Å². The van der Waals surface area contributed by atoms with E-state index in [9.17, 15) is 8.42 Å². The van der Waals surface area contributed by atoms with Gasteiger partial charge in [-0.2, -0.15) is 4.31 Å². The fraction of sp³-hybridized carbons (Fsp3) is 0.643. The molecule has 6 nitrogen and oxygen atoms in total. The van der Waals surface area contributed by atoms with Crippen LogP contribution >= 0.6 is 0 Å². The molecule has 2 fully saturated rings. The topological polar surface area (TPSA) is 65.5 Å². The Hall–Kier alpha value is -1.18. The average molecular weight is 310 g/mol. The van der Waals surface area contributed by atoms with Gasteiger partial charge in [-0.15, -0.1) is 0 Å². The van der Waals surface area contributed by atoms with Crippen LogP contribution < -0.4 is 5.32 Å². The SMILES string of the molecule is CCNc1cc(S(=O)(=O)N2CCN3CCCC3C2)ccn1. The van der Waals surface area contributed by atoms with Gasteiger partial charge < -0.3 is 5.32 Å². The third kappa shape index (κ3) is 2.90. The molecule has 1 unspecified atom stereocenters. The molecule has 1 aromatic rings. The summed E-state index contributed by atoms with van der Waals surface area (Å²) < 4.78 is 27.2. The molecule has 1 N–H and O–H groups in total. The molecule has 0 bridgehead atoms. The van der Waals surface area contributed by atoms with Crippen LogP contribution in [-0.2, 0) is 10.0 Å². The Morgan fingerprint density at radius 3 is 3.05 bits per heavy atom. The zero-order valence-corrected chi connectivity index (χ0v) is 13.1. The van der Waals surface area contributed by atoms with E-state index in [0.29, 0.717) is 29.8 Å². The minimum Gasteiger partial charge on any atom is -0.370 e. The zero-order valence-electron chi connectivity index (χ0n) is 12.3. The van der Waals surface area contributed by atoms with Crippen molar-refractivity contribution in [1.29, 1.82) is 0 Å². The molecular weight excluding hydrogens is 288 g/mol. The lowest BCUT2D eigenvalue weighted by Gasteiger charge is -2.36. The number of sulfonamides is 1. The van der Waals surface area contributed by atoms with Crippen molar-refractivity contribution in [3.63, 3.8) is 0 Å². The van der Waals surface area contributed by atoms with Crippen molar-refractivity contribution in [3.8, 4) is 0 Å². The first kappa shape index (κ1) is 14.7. The third-order valence-corrected chi connectivity index (χ3v) is 6.14. The molecule has 3 rings (SSSR count). The van der Waals surface area contributed by atoms with Crippen LogP contribution in [0.2, 0.25) is 0 Å². The van der Waals surface area contributed by atoms with Crippen LogP contribution in [0.4, 0.5) is 5.82 Å². The quantitative estimate of drug-likeness (QED) is 0.898. The number of fused-ring (bicyclic) bond motifs is 1. The summed E-state index contributed by atoms with van der Waals surface area (Å²) in [5.41, 5.74) is 0. The van der Waals surface area contributed by atoms with E-state index in [1.165, 1.54) is 6.42 Å². The Morgan fingerprint density at radius 2 is 2.24 bits per heavy atom. The summed E-state index contributed by atoms with van der Waals surface area (Å²) in [5.74, 6) is 0.609. The van der Waals surface area contributed by atoms with E-state index in [0.717, 1.165) is 26.1 Å². The van der Waals surface area contributed by atoms with Gasteiger partial charge in [0.25, 0.3) is 0 Å². The van der Waals surface area contributed by atoms with Crippen molar-refractivity contribution >= 4 is 15.8 Å². The second-order valence-electron chi connectivity index (χ2n) is 5.60. The minimum atomic E-state index is -3.41. The van der Waals surface area contributed by atoms with Crippen LogP contribution in [0.1, 0.15) is 19.8 Å². The van der Waals surface area contributed by atoms with Crippen molar-refractivity contribution in [1.82, 2.24) is 14.2 Å². The number of piperazine rings is 1. The maximum Gasteiger partial charge on any atom is 0.243 e. The van der Waals surface area contributed by atoms with Gasteiger partial charge in [0, 0.05) is 44.5 Å². The number of rotatable bonds is 4. The Bertz CT molecular complexity index is 605. The fourth-order valence-electron chi connectivity index (χ4n) is 3.18. The minimum absolute atomic E-state index is 0.333. The summed E-state index contributed by atoms with van der Waals surface area (Å²) >= 11 is 0. The predicted octanol–water partition coefficient (Wildman–Crippen LogP) is 0.982. The average Bonchev–Trinajstić information content (AvgIpc) is 2.95. The van der Waals surface area contributed by atoms with Crippen molar-refractivity contribution in [2.75, 3.05) is 38.0 Å². The van der Waals surface area contributed by atoms with Crippen LogP contribution in [0.25, 0.3) is 0 Å². The smallest absolute Gasteiger partial charge is 0.243 e. The molecular formula is C14H22N4O2S. The van der Waals surface area contributed by atoms with Gasteiger partial charge >= 0.3 is 0 Å². The Labute approximate surface area is 126 Å². The van der Waals surface area contributed by atoms with Gasteiger partial charge in [0.2, 0.25) is 10.0 Å². The van der Waals surface area contributed by atoms with E-state index in [-0.39, 0.29) is 0 Å². The largest absolute Gasteiger partial charge is 0.370 e. The number of anilines is 1. The van der Waals surface area contributed by atoms with Gasteiger partial charge in [0.05, 0.1) is 4.90 Å². The third-order valence-electron chi connectivity index (χ3n) is 4.28. The summed E-state index contributed by atoms with van der Waals surface area (Å²) in [6, 6.07) is 3.60. The molecule has 0 amide bonds. The number of hydrogen-bond donors (Lipinski definition) is 1. The van der Waals surface area contributed by atoms with E-state index < -0.39 is 10.0 Å². The summed E-state index contributed by atoms with van der Waals surface area (Å²) in [5, 5.41) is 3.06. The first-order valence-electron chi connectivity index (χ1n) is 7.55. The van der Waals surface area contributed by atoms with Crippen LogP contribution in [0.3, 0.4) is 0 Å². The number of hydrogen-bond acceptors (Lipinski definition) is 5. The first-order valence-corrected chi connectivity index (χ1v) is 8.99. The lowest BCUT2D eigenvalue weighted by Crippen LogP contribution is -2.51. The maximum atomic E-state index is 12.8. The highest BCUT2D eigenvalue weighted by Crippen LogP contribution is 2.26. The molecule has 1 aromatic heterocycles. The van der Waals surface area contributed by atoms with Gasteiger partial charge in [0.1, 0.15) is 5.82 Å². The second kappa shape index (κ2) is 5.90. The predicted molar refractivity (Wildman–Crippen MR) is 81.8 cm³/mol. The fourth-order valence-corrected chi connectivity index (χ4v) is 4.66. The van der Waals surface area contributed by atoms with E-state index in [1.807, 2.05) is 6.92 Å². The van der Waals surface area contributed by atoms with Gasteiger partial charge in [-0.25, -0.2) is 13.4 Å². The van der Waals surface area contributed by atoms with Crippen molar-refractivity contribution in [3.05, 3.63) is 18.3 Å². The first-order chi connectivity index (χ1) is 10.1. The second-order valence-corrected chi connectivity index (χ2v) is 7.54. The molecule has 3 heterocycles. The molecule has 7 heteroatoms. The van der Waals surface area contributed by atoms with Crippen LogP contribution in [0, 0.1) is 0 Å². The van der Waals surface area contributed by atoms with E-state index in [2.05, 4.69) is 15.2 Å². The molecule has 2 aliphatic rings. The molecule has 0 saturated carbocycles. The highest BCUT2D eigenvalue weighted by Gasteiger charge is 2.36. The highest BCUT2D eigenvalue weighted by molar-refractivity contribution is 7.89. The van der Waals surface area contributed by atoms with Crippen molar-refractivity contribution < 1.29 is 8.42 Å². The summed E-state index contributed by atoms with van der Waals surface area (Å²) in [7, 11) is -3.41. The van der Waals surface area contributed by atoms with Gasteiger partial charge in [-0.05, 0) is 32.4 Å². The standard InChI is InChI=1S/C14H22N4O2S/c1-2-15-14-10-13(5-6-16-14)21(19,20)18-9-8-17-7-3-4-12(17)11-18/h5-6,10,12H,2-4,7-9,11H2,1H3,(H,15,16). The maximum absolute atomic E-state index is 12.8. The van der Waals surface area contributed by atoms with E-state index >= 15 is 0 Å². The monoisotopic (exact) mass is 310 g/mol. The highest BCUT2D eigenvalue weighted by atomic mass is 32.2. The molecule has 1 atom stereocenters.